The number of aromatic nitrogens is 1. The Bertz CT molecular complexity index is 840. The maximum Gasteiger partial charge on any atom is 0.340 e. The number of aromatic amines is 1. The van der Waals surface area contributed by atoms with Crippen molar-refractivity contribution in [2.75, 3.05) is 6.61 Å². The molecule has 0 bridgehead atoms. The van der Waals surface area contributed by atoms with Gasteiger partial charge in [-0.25, -0.2) is 9.18 Å². The highest BCUT2D eigenvalue weighted by molar-refractivity contribution is 6.00. The second-order valence-corrected chi connectivity index (χ2v) is 6.60. The van der Waals surface area contributed by atoms with Crippen LogP contribution in [0.5, 0.6) is 0 Å². The van der Waals surface area contributed by atoms with Gasteiger partial charge in [0.05, 0.1) is 12.2 Å². The van der Waals surface area contributed by atoms with Crippen LogP contribution in [0.15, 0.2) is 24.3 Å². The minimum absolute atomic E-state index is 0.108. The fourth-order valence-corrected chi connectivity index (χ4v) is 3.18. The Balaban J connectivity index is 1.90. The lowest BCUT2D eigenvalue weighted by atomic mass is 10.1. The minimum Gasteiger partial charge on any atom is -0.462 e. The van der Waals surface area contributed by atoms with Gasteiger partial charge >= 0.3 is 5.97 Å². The van der Waals surface area contributed by atoms with Crippen LogP contribution in [-0.2, 0) is 11.3 Å². The maximum absolute atomic E-state index is 14.0. The Labute approximate surface area is 152 Å². The van der Waals surface area contributed by atoms with Crippen LogP contribution in [-0.4, -0.2) is 34.4 Å². The number of esters is 1. The summed E-state index contributed by atoms with van der Waals surface area (Å²) in [4.78, 5) is 30.0. The van der Waals surface area contributed by atoms with E-state index in [1.165, 1.54) is 6.07 Å². The summed E-state index contributed by atoms with van der Waals surface area (Å²) in [6.45, 7) is 5.70. The van der Waals surface area contributed by atoms with E-state index in [4.69, 9.17) is 4.74 Å². The van der Waals surface area contributed by atoms with Crippen molar-refractivity contribution in [3.63, 3.8) is 0 Å². The highest BCUT2D eigenvalue weighted by Gasteiger charge is 2.35. The SMILES string of the molecule is CCOC(=O)c1c(C)[nH]c(C(=O)N(Cc2ccccc2F)C2CC2)c1C. The van der Waals surface area contributed by atoms with Gasteiger partial charge in [0.25, 0.3) is 5.91 Å². The molecule has 0 unspecified atom stereocenters. The van der Waals surface area contributed by atoms with Gasteiger partial charge in [0, 0.05) is 23.8 Å². The van der Waals surface area contributed by atoms with E-state index in [1.54, 1.807) is 43.9 Å². The first-order chi connectivity index (χ1) is 12.4. The molecule has 0 radical (unpaired) electrons. The molecule has 6 heteroatoms. The molecule has 0 saturated heterocycles. The summed E-state index contributed by atoms with van der Waals surface area (Å²) in [5.74, 6) is -0.977. The van der Waals surface area contributed by atoms with Crippen LogP contribution < -0.4 is 0 Å². The van der Waals surface area contributed by atoms with Crippen molar-refractivity contribution in [1.29, 1.82) is 0 Å². The van der Waals surface area contributed by atoms with Crippen molar-refractivity contribution in [1.82, 2.24) is 9.88 Å². The predicted molar refractivity (Wildman–Crippen MR) is 95.5 cm³/mol. The van der Waals surface area contributed by atoms with Crippen molar-refractivity contribution in [2.24, 2.45) is 0 Å². The molecule has 138 valence electrons. The molecule has 1 aliphatic rings. The van der Waals surface area contributed by atoms with Gasteiger partial charge in [-0.2, -0.15) is 0 Å². The molecule has 0 spiro atoms. The van der Waals surface area contributed by atoms with Crippen LogP contribution in [0.1, 0.15) is 57.4 Å². The first kappa shape index (κ1) is 18.2. The van der Waals surface area contributed by atoms with Crippen molar-refractivity contribution in [2.45, 2.75) is 46.2 Å². The highest BCUT2D eigenvalue weighted by atomic mass is 19.1. The number of carbonyl (C=O) groups is 2. The summed E-state index contributed by atoms with van der Waals surface area (Å²) in [7, 11) is 0. The number of ether oxygens (including phenoxy) is 1. The molecule has 0 aliphatic heterocycles. The van der Waals surface area contributed by atoms with E-state index in [9.17, 15) is 14.0 Å². The van der Waals surface area contributed by atoms with E-state index in [2.05, 4.69) is 4.98 Å². The largest absolute Gasteiger partial charge is 0.462 e. The number of hydrogen-bond donors (Lipinski definition) is 1. The average Bonchev–Trinajstić information content (AvgIpc) is 3.39. The molecule has 1 aromatic heterocycles. The fraction of sp³-hybridized carbons (Fsp3) is 0.400. The van der Waals surface area contributed by atoms with Crippen LogP contribution in [0.25, 0.3) is 0 Å². The quantitative estimate of drug-likeness (QED) is 0.800. The lowest BCUT2D eigenvalue weighted by Gasteiger charge is -2.22. The number of carbonyl (C=O) groups excluding carboxylic acids is 2. The number of nitrogens with one attached hydrogen (secondary N) is 1. The van der Waals surface area contributed by atoms with Crippen molar-refractivity contribution < 1.29 is 18.7 Å². The van der Waals surface area contributed by atoms with Gasteiger partial charge in [-0.05, 0) is 45.2 Å². The monoisotopic (exact) mass is 358 g/mol. The molecule has 0 atom stereocenters. The van der Waals surface area contributed by atoms with Gasteiger partial charge < -0.3 is 14.6 Å². The van der Waals surface area contributed by atoms with E-state index in [0.717, 1.165) is 12.8 Å². The molecule has 1 heterocycles. The van der Waals surface area contributed by atoms with Crippen LogP contribution in [0.3, 0.4) is 0 Å². The van der Waals surface area contributed by atoms with E-state index < -0.39 is 5.97 Å². The van der Waals surface area contributed by atoms with E-state index in [-0.39, 0.29) is 30.9 Å². The Hall–Kier alpha value is -2.63. The third-order valence-corrected chi connectivity index (χ3v) is 4.68. The average molecular weight is 358 g/mol. The van der Waals surface area contributed by atoms with E-state index in [0.29, 0.717) is 28.1 Å². The smallest absolute Gasteiger partial charge is 0.340 e. The van der Waals surface area contributed by atoms with Crippen molar-refractivity contribution in [3.05, 3.63) is 58.2 Å². The van der Waals surface area contributed by atoms with Gasteiger partial charge in [0.15, 0.2) is 0 Å². The van der Waals surface area contributed by atoms with Gasteiger partial charge in [-0.15, -0.1) is 0 Å². The predicted octanol–water partition coefficient (Wildman–Crippen LogP) is 3.75. The molecule has 1 aromatic carbocycles. The minimum atomic E-state index is -0.440. The van der Waals surface area contributed by atoms with Gasteiger partial charge in [0.2, 0.25) is 0 Å². The number of aryl methyl sites for hydroxylation is 1. The number of rotatable bonds is 6. The Morgan fingerprint density at radius 3 is 2.58 bits per heavy atom. The molecular formula is C20H23FN2O3. The van der Waals surface area contributed by atoms with Crippen molar-refractivity contribution >= 4 is 11.9 Å². The zero-order valence-electron chi connectivity index (χ0n) is 15.3. The molecule has 2 aromatic rings. The standard InChI is InChI=1S/C20H23FN2O3/c1-4-26-20(25)17-12(2)18(22-13(17)3)19(24)23(15-9-10-15)11-14-7-5-6-8-16(14)21/h5-8,15,22H,4,9-11H2,1-3H3. The molecular weight excluding hydrogens is 335 g/mol. The molecule has 5 nitrogen and oxygen atoms in total. The first-order valence-electron chi connectivity index (χ1n) is 8.84. The van der Waals surface area contributed by atoms with E-state index in [1.807, 2.05) is 0 Å². The summed E-state index contributed by atoms with van der Waals surface area (Å²) in [6, 6.07) is 6.59. The second-order valence-electron chi connectivity index (χ2n) is 6.60. The van der Waals surface area contributed by atoms with Gasteiger partial charge in [-0.1, -0.05) is 18.2 Å². The molecule has 1 N–H and O–H groups in total. The number of H-pyrrole nitrogens is 1. The number of benzene rings is 1. The zero-order chi connectivity index (χ0) is 18.8. The lowest BCUT2D eigenvalue weighted by molar-refractivity contribution is 0.0525. The summed E-state index contributed by atoms with van der Waals surface area (Å²) in [6.07, 6.45) is 1.81. The fourth-order valence-electron chi connectivity index (χ4n) is 3.18. The molecule has 1 fully saturated rings. The second kappa shape index (κ2) is 7.32. The van der Waals surface area contributed by atoms with Gasteiger partial charge in [0.1, 0.15) is 11.5 Å². The molecule has 26 heavy (non-hydrogen) atoms. The van der Waals surface area contributed by atoms with Crippen LogP contribution in [0.4, 0.5) is 4.39 Å². The lowest BCUT2D eigenvalue weighted by Crippen LogP contribution is -2.33. The summed E-state index contributed by atoms with van der Waals surface area (Å²) >= 11 is 0. The molecule has 1 aliphatic carbocycles. The third-order valence-electron chi connectivity index (χ3n) is 4.68. The van der Waals surface area contributed by atoms with Crippen LogP contribution >= 0.6 is 0 Å². The zero-order valence-corrected chi connectivity index (χ0v) is 15.3. The normalized spacial score (nSPS) is 13.5. The molecule has 1 saturated carbocycles. The number of amides is 1. The summed E-state index contributed by atoms with van der Waals surface area (Å²) in [5, 5.41) is 0. The maximum atomic E-state index is 14.0. The number of halogens is 1. The summed E-state index contributed by atoms with van der Waals surface area (Å²) in [5.41, 5.74) is 2.43. The topological polar surface area (TPSA) is 62.4 Å². The van der Waals surface area contributed by atoms with Crippen LogP contribution in [0.2, 0.25) is 0 Å². The Morgan fingerprint density at radius 1 is 1.27 bits per heavy atom. The first-order valence-corrected chi connectivity index (χ1v) is 8.84. The molecule has 3 rings (SSSR count). The highest BCUT2D eigenvalue weighted by Crippen LogP contribution is 2.31. The van der Waals surface area contributed by atoms with E-state index >= 15 is 0 Å². The molecule has 1 amide bonds. The van der Waals surface area contributed by atoms with Crippen LogP contribution in [0, 0.1) is 19.7 Å². The van der Waals surface area contributed by atoms with Gasteiger partial charge in [-0.3, -0.25) is 4.79 Å². The van der Waals surface area contributed by atoms with Crippen molar-refractivity contribution in [3.8, 4) is 0 Å². The third kappa shape index (κ3) is 3.49. The Morgan fingerprint density at radius 2 is 1.96 bits per heavy atom. The Kier molecular flexibility index (Phi) is 5.11. The summed E-state index contributed by atoms with van der Waals surface area (Å²) < 4.78 is 19.1. The number of nitrogens with zero attached hydrogens (tertiary/aromatic N) is 1. The number of hydrogen-bond acceptors (Lipinski definition) is 3.